The van der Waals surface area contributed by atoms with Gasteiger partial charge in [-0.2, -0.15) is 0 Å². The maximum atomic E-state index is 10.8. The van der Waals surface area contributed by atoms with Crippen molar-refractivity contribution in [2.45, 2.75) is 67.3 Å². The SMILES string of the molecule is C.C.CCCNc1nc2c(N(Cc3ccccc3)Cc3ccccc3)nc3ccccc3c2n1CC(C)(C)O. The van der Waals surface area contributed by atoms with Crippen LogP contribution in [0.25, 0.3) is 21.9 Å². The number of hydrogen-bond donors (Lipinski definition) is 2. The number of imidazole rings is 1. The first kappa shape index (κ1) is 29.7. The van der Waals surface area contributed by atoms with Crippen molar-refractivity contribution in [2.24, 2.45) is 0 Å². The van der Waals surface area contributed by atoms with Crippen molar-refractivity contribution in [3.8, 4) is 0 Å². The van der Waals surface area contributed by atoms with Crippen LogP contribution in [0.5, 0.6) is 0 Å². The average molecular weight is 526 g/mol. The van der Waals surface area contributed by atoms with Gasteiger partial charge in [0.2, 0.25) is 5.95 Å². The van der Waals surface area contributed by atoms with Gasteiger partial charge in [-0.15, -0.1) is 0 Å². The normalized spacial score (nSPS) is 11.2. The molecule has 0 radical (unpaired) electrons. The van der Waals surface area contributed by atoms with E-state index in [1.165, 1.54) is 11.1 Å². The summed E-state index contributed by atoms with van der Waals surface area (Å²) in [5.41, 5.74) is 4.26. The van der Waals surface area contributed by atoms with E-state index in [0.717, 1.165) is 46.7 Å². The number of nitrogens with zero attached hydrogens (tertiary/aromatic N) is 4. The Labute approximate surface area is 233 Å². The van der Waals surface area contributed by atoms with Gasteiger partial charge < -0.3 is 19.9 Å². The molecule has 6 nitrogen and oxygen atoms in total. The number of aliphatic hydroxyl groups is 1. The van der Waals surface area contributed by atoms with Crippen molar-refractivity contribution >= 4 is 33.7 Å². The Kier molecular flexibility index (Phi) is 9.71. The molecule has 5 aromatic rings. The van der Waals surface area contributed by atoms with E-state index in [-0.39, 0.29) is 14.9 Å². The highest BCUT2D eigenvalue weighted by molar-refractivity contribution is 6.08. The molecule has 0 atom stereocenters. The molecule has 6 heteroatoms. The summed E-state index contributed by atoms with van der Waals surface area (Å²) in [5, 5.41) is 15.4. The van der Waals surface area contributed by atoms with E-state index >= 15 is 0 Å². The molecule has 0 unspecified atom stereocenters. The van der Waals surface area contributed by atoms with Crippen LogP contribution in [0.4, 0.5) is 11.8 Å². The van der Waals surface area contributed by atoms with E-state index in [4.69, 9.17) is 9.97 Å². The molecule has 0 aliphatic heterocycles. The summed E-state index contributed by atoms with van der Waals surface area (Å²) in [6, 6.07) is 29.2. The molecule has 3 aromatic carbocycles. The highest BCUT2D eigenvalue weighted by Gasteiger charge is 2.25. The Hall–Kier alpha value is -3.90. The van der Waals surface area contributed by atoms with Crippen molar-refractivity contribution < 1.29 is 5.11 Å². The van der Waals surface area contributed by atoms with Crippen LogP contribution in [0.3, 0.4) is 0 Å². The highest BCUT2D eigenvalue weighted by Crippen LogP contribution is 2.35. The number of hydrogen-bond acceptors (Lipinski definition) is 5. The summed E-state index contributed by atoms with van der Waals surface area (Å²) in [6.45, 7) is 8.43. The number of aromatic nitrogens is 3. The van der Waals surface area contributed by atoms with E-state index in [2.05, 4.69) is 82.4 Å². The molecule has 2 N–H and O–H groups in total. The molecule has 0 fully saturated rings. The Morgan fingerprint density at radius 1 is 0.821 bits per heavy atom. The van der Waals surface area contributed by atoms with Gasteiger partial charge in [-0.1, -0.05) is 101 Å². The van der Waals surface area contributed by atoms with Gasteiger partial charge in [0, 0.05) is 25.0 Å². The fourth-order valence-electron chi connectivity index (χ4n) is 4.77. The van der Waals surface area contributed by atoms with Crippen molar-refractivity contribution in [3.63, 3.8) is 0 Å². The molecule has 0 saturated carbocycles. The standard InChI is InChI=1S/C31H35N5O.2CH4/c1-4-19-32-30-34-27-28(36(30)22-31(2,3)37)25-17-11-12-18-26(25)33-29(27)35(20-23-13-7-5-8-14-23)21-24-15-9-6-10-16-24;;/h5-18,37H,4,19-22H2,1-3H3,(H,32,34);2*1H4. The summed E-state index contributed by atoms with van der Waals surface area (Å²) in [6.07, 6.45) is 0.978. The first-order chi connectivity index (χ1) is 17.9. The summed E-state index contributed by atoms with van der Waals surface area (Å²) in [7, 11) is 0. The van der Waals surface area contributed by atoms with Crippen molar-refractivity contribution in [1.82, 2.24) is 14.5 Å². The Bertz CT molecular complexity index is 1430. The van der Waals surface area contributed by atoms with Crippen LogP contribution in [0.15, 0.2) is 84.9 Å². The summed E-state index contributed by atoms with van der Waals surface area (Å²) in [4.78, 5) is 12.6. The number of nitrogens with one attached hydrogen (secondary N) is 1. The lowest BCUT2D eigenvalue weighted by Gasteiger charge is -2.25. The largest absolute Gasteiger partial charge is 0.389 e. The zero-order valence-electron chi connectivity index (χ0n) is 21.9. The minimum atomic E-state index is -0.908. The van der Waals surface area contributed by atoms with Gasteiger partial charge in [-0.05, 0) is 37.5 Å². The van der Waals surface area contributed by atoms with Crippen molar-refractivity contribution in [2.75, 3.05) is 16.8 Å². The van der Waals surface area contributed by atoms with Gasteiger partial charge in [0.25, 0.3) is 0 Å². The van der Waals surface area contributed by atoms with Crippen LogP contribution in [-0.4, -0.2) is 31.8 Å². The quantitative estimate of drug-likeness (QED) is 0.196. The predicted octanol–water partition coefficient (Wildman–Crippen LogP) is 7.66. The second-order valence-electron chi connectivity index (χ2n) is 10.2. The molecule has 39 heavy (non-hydrogen) atoms. The van der Waals surface area contributed by atoms with Gasteiger partial charge in [-0.25, -0.2) is 9.97 Å². The molecule has 0 saturated heterocycles. The lowest BCUT2D eigenvalue weighted by molar-refractivity contribution is 0.0632. The lowest BCUT2D eigenvalue weighted by Crippen LogP contribution is -2.27. The molecule has 2 aromatic heterocycles. The number of fused-ring (bicyclic) bond motifs is 3. The number of anilines is 2. The molecular formula is C33H43N5O. The molecule has 0 aliphatic rings. The molecule has 2 heterocycles. The van der Waals surface area contributed by atoms with Crippen LogP contribution >= 0.6 is 0 Å². The molecule has 0 spiro atoms. The fraction of sp³-hybridized carbons (Fsp3) is 0.333. The molecule has 0 bridgehead atoms. The van der Waals surface area contributed by atoms with Crippen LogP contribution in [0.1, 0.15) is 53.2 Å². The third-order valence-electron chi connectivity index (χ3n) is 6.38. The first-order valence-electron chi connectivity index (χ1n) is 13.0. The van der Waals surface area contributed by atoms with E-state index in [9.17, 15) is 5.11 Å². The van der Waals surface area contributed by atoms with Gasteiger partial charge in [0.15, 0.2) is 5.82 Å². The molecular weight excluding hydrogens is 482 g/mol. The van der Waals surface area contributed by atoms with Crippen LogP contribution in [-0.2, 0) is 19.6 Å². The Morgan fingerprint density at radius 3 is 1.95 bits per heavy atom. The number of para-hydroxylation sites is 1. The zero-order chi connectivity index (χ0) is 25.8. The van der Waals surface area contributed by atoms with E-state index in [1.54, 1.807) is 0 Å². The van der Waals surface area contributed by atoms with Crippen LogP contribution < -0.4 is 10.2 Å². The minimum absolute atomic E-state index is 0. The zero-order valence-corrected chi connectivity index (χ0v) is 21.9. The number of benzene rings is 3. The summed E-state index contributed by atoms with van der Waals surface area (Å²) < 4.78 is 2.13. The monoisotopic (exact) mass is 525 g/mol. The first-order valence-corrected chi connectivity index (χ1v) is 13.0. The second kappa shape index (κ2) is 12.8. The second-order valence-corrected chi connectivity index (χ2v) is 10.2. The van der Waals surface area contributed by atoms with E-state index in [0.29, 0.717) is 19.6 Å². The third-order valence-corrected chi connectivity index (χ3v) is 6.38. The summed E-state index contributed by atoms with van der Waals surface area (Å²) in [5.74, 6) is 1.60. The topological polar surface area (TPSA) is 66.2 Å². The molecule has 0 aliphatic carbocycles. The maximum Gasteiger partial charge on any atom is 0.204 e. The Balaban J connectivity index is 0.00000210. The van der Waals surface area contributed by atoms with Gasteiger partial charge in [0.05, 0.1) is 23.2 Å². The Morgan fingerprint density at radius 2 is 1.38 bits per heavy atom. The predicted molar refractivity (Wildman–Crippen MR) is 166 cm³/mol. The fourth-order valence-corrected chi connectivity index (χ4v) is 4.77. The molecule has 206 valence electrons. The summed E-state index contributed by atoms with van der Waals surface area (Å²) >= 11 is 0. The van der Waals surface area contributed by atoms with Crippen molar-refractivity contribution in [3.05, 3.63) is 96.1 Å². The maximum absolute atomic E-state index is 10.8. The van der Waals surface area contributed by atoms with Crippen molar-refractivity contribution in [1.29, 1.82) is 0 Å². The van der Waals surface area contributed by atoms with Gasteiger partial charge >= 0.3 is 0 Å². The lowest BCUT2D eigenvalue weighted by atomic mass is 10.1. The van der Waals surface area contributed by atoms with Gasteiger partial charge in [-0.3, -0.25) is 0 Å². The number of rotatable bonds is 10. The van der Waals surface area contributed by atoms with Gasteiger partial charge in [0.1, 0.15) is 5.52 Å². The minimum Gasteiger partial charge on any atom is -0.389 e. The van der Waals surface area contributed by atoms with E-state index < -0.39 is 5.60 Å². The smallest absolute Gasteiger partial charge is 0.204 e. The molecule has 5 rings (SSSR count). The third kappa shape index (κ3) is 6.76. The highest BCUT2D eigenvalue weighted by atomic mass is 16.3. The molecule has 0 amide bonds. The van der Waals surface area contributed by atoms with E-state index in [1.807, 2.05) is 38.1 Å². The van der Waals surface area contributed by atoms with Crippen LogP contribution in [0, 0.1) is 0 Å². The number of pyridine rings is 1. The van der Waals surface area contributed by atoms with Crippen LogP contribution in [0.2, 0.25) is 0 Å². The average Bonchev–Trinajstić information content (AvgIpc) is 3.24.